The Morgan fingerprint density at radius 3 is 2.59 bits per heavy atom. The third kappa shape index (κ3) is 7.35. The molecule has 2 aromatic rings. The molecule has 0 heterocycles. The average molecular weight is 444 g/mol. The van der Waals surface area contributed by atoms with Gasteiger partial charge in [-0.2, -0.15) is 4.99 Å². The van der Waals surface area contributed by atoms with Gasteiger partial charge in [0.15, 0.2) is 0 Å². The quantitative estimate of drug-likeness (QED) is 0.387. The van der Waals surface area contributed by atoms with Crippen molar-refractivity contribution < 1.29 is 19.4 Å². The van der Waals surface area contributed by atoms with Crippen LogP contribution in [0.4, 0.5) is 10.1 Å². The molecule has 32 heavy (non-hydrogen) atoms. The first-order valence-electron chi connectivity index (χ1n) is 10.2. The highest BCUT2D eigenvalue weighted by atomic mass is 19.1. The van der Waals surface area contributed by atoms with E-state index in [1.54, 1.807) is 13.8 Å². The molecule has 0 spiro atoms. The lowest BCUT2D eigenvalue weighted by molar-refractivity contribution is 0.0897. The van der Waals surface area contributed by atoms with Gasteiger partial charge in [0.1, 0.15) is 17.4 Å². The molecule has 0 aliphatic rings. The summed E-state index contributed by atoms with van der Waals surface area (Å²) in [6.07, 6.45) is 0.849. The van der Waals surface area contributed by atoms with Crippen LogP contribution in [0.2, 0.25) is 0 Å². The number of aliphatic imine (C=N–C) groups is 2. The molecule has 2 aromatic carbocycles. The van der Waals surface area contributed by atoms with Gasteiger partial charge in [0, 0.05) is 24.7 Å². The van der Waals surface area contributed by atoms with Crippen molar-refractivity contribution in [3.05, 3.63) is 59.4 Å². The number of hydrogen-bond donors (Lipinski definition) is 4. The number of amidine groups is 1. The summed E-state index contributed by atoms with van der Waals surface area (Å²) in [6, 6.07) is 9.96. The Bertz CT molecular complexity index is 1010. The molecule has 8 nitrogen and oxygen atoms in total. The molecule has 0 aromatic heterocycles. The Labute approximate surface area is 187 Å². The highest BCUT2D eigenvalue weighted by Gasteiger charge is 2.16. The van der Waals surface area contributed by atoms with E-state index in [1.165, 1.54) is 42.5 Å². The number of halogens is 1. The lowest BCUT2D eigenvalue weighted by Gasteiger charge is -2.22. The number of anilines is 1. The highest BCUT2D eigenvalue weighted by molar-refractivity contribution is 6.13. The van der Waals surface area contributed by atoms with Crippen LogP contribution in [0.25, 0.3) is 0 Å². The number of nitrogens with zero attached hydrogens (tertiary/aromatic N) is 3. The summed E-state index contributed by atoms with van der Waals surface area (Å²) in [5.74, 6) is -1.13. The Hall–Kier alpha value is -3.46. The van der Waals surface area contributed by atoms with Gasteiger partial charge in [-0.05, 0) is 56.7 Å². The van der Waals surface area contributed by atoms with Crippen LogP contribution in [0.15, 0.2) is 52.4 Å². The molecule has 0 atom stereocenters. The van der Waals surface area contributed by atoms with Crippen molar-refractivity contribution in [2.24, 2.45) is 15.7 Å². The summed E-state index contributed by atoms with van der Waals surface area (Å²) in [6.45, 7) is 5.76. The number of carbonyl (C=O) groups is 1. The second-order valence-corrected chi connectivity index (χ2v) is 8.04. The zero-order valence-corrected chi connectivity index (χ0v) is 18.8. The number of benzene rings is 2. The number of aromatic hydroxyl groups is 1. The minimum absolute atomic E-state index is 0.0219. The number of phenolic OH excluding ortho intramolecular Hbond substituents is 1. The Balaban J connectivity index is 2.43. The first kappa shape index (κ1) is 24.8. The van der Waals surface area contributed by atoms with Gasteiger partial charge in [-0.3, -0.25) is 10.1 Å². The summed E-state index contributed by atoms with van der Waals surface area (Å²) >= 11 is 0. The van der Waals surface area contributed by atoms with E-state index in [1.807, 2.05) is 18.9 Å². The summed E-state index contributed by atoms with van der Waals surface area (Å²) in [5, 5.41) is 22.2. The van der Waals surface area contributed by atoms with E-state index in [0.29, 0.717) is 17.8 Å². The minimum atomic E-state index is -1.15. The molecule has 172 valence electrons. The maximum absolute atomic E-state index is 13.9. The maximum Gasteiger partial charge on any atom is 0.258 e. The minimum Gasteiger partial charge on any atom is -0.508 e. The Morgan fingerprint density at radius 1 is 1.25 bits per heavy atom. The van der Waals surface area contributed by atoms with Gasteiger partial charge in [-0.25, -0.2) is 9.38 Å². The summed E-state index contributed by atoms with van der Waals surface area (Å²) in [4.78, 5) is 22.9. The van der Waals surface area contributed by atoms with Crippen LogP contribution in [-0.2, 0) is 0 Å². The fourth-order valence-electron chi connectivity index (χ4n) is 2.86. The number of hydrogen-bond acceptors (Lipinski definition) is 5. The van der Waals surface area contributed by atoms with Gasteiger partial charge >= 0.3 is 0 Å². The van der Waals surface area contributed by atoms with Crippen LogP contribution in [0, 0.1) is 5.82 Å². The standard InChI is InChI=1S/C23H30FN5O3/c1-5-11-29(4)19-13-16(24)9-10-18(19)20(25)27-22(26-14-23(2,3)32)28-21(31)15-7-6-8-17(30)12-15/h6-10,12-13,30,32H,5,11,14H2,1-4H3,(H3,25,26,27,28,31). The van der Waals surface area contributed by atoms with Crippen LogP contribution < -0.4 is 16.0 Å². The van der Waals surface area contributed by atoms with E-state index >= 15 is 0 Å². The summed E-state index contributed by atoms with van der Waals surface area (Å²) in [7, 11) is 1.82. The first-order valence-corrected chi connectivity index (χ1v) is 10.2. The number of phenols is 1. The fourth-order valence-corrected chi connectivity index (χ4v) is 2.86. The highest BCUT2D eigenvalue weighted by Crippen LogP contribution is 2.21. The zero-order chi connectivity index (χ0) is 23.9. The van der Waals surface area contributed by atoms with Crippen LogP contribution in [0.5, 0.6) is 5.75 Å². The molecular weight excluding hydrogens is 413 g/mol. The Kier molecular flexibility index (Phi) is 8.31. The van der Waals surface area contributed by atoms with Crippen molar-refractivity contribution in [3.8, 4) is 5.75 Å². The number of nitrogens with two attached hydrogens (primary N) is 1. The molecule has 0 aliphatic heterocycles. The van der Waals surface area contributed by atoms with E-state index in [0.717, 1.165) is 6.42 Å². The van der Waals surface area contributed by atoms with Crippen molar-refractivity contribution in [1.82, 2.24) is 5.32 Å². The van der Waals surface area contributed by atoms with Gasteiger partial charge in [-0.15, -0.1) is 0 Å². The lowest BCUT2D eigenvalue weighted by atomic mass is 10.1. The van der Waals surface area contributed by atoms with Crippen LogP contribution in [-0.4, -0.2) is 53.7 Å². The SMILES string of the molecule is CCCN(C)c1cc(F)ccc1C(N)=NC(=NCC(C)(C)O)NC(=O)c1cccc(O)c1. The van der Waals surface area contributed by atoms with Crippen molar-refractivity contribution in [2.45, 2.75) is 32.8 Å². The average Bonchev–Trinajstić information content (AvgIpc) is 2.71. The second-order valence-electron chi connectivity index (χ2n) is 8.04. The van der Waals surface area contributed by atoms with Crippen molar-refractivity contribution in [1.29, 1.82) is 0 Å². The molecular formula is C23H30FN5O3. The molecule has 0 fully saturated rings. The number of carbonyl (C=O) groups excluding carboxylic acids is 1. The van der Waals surface area contributed by atoms with E-state index < -0.39 is 17.3 Å². The fraction of sp³-hybridized carbons (Fsp3) is 0.348. The number of nitrogens with one attached hydrogen (secondary N) is 1. The second kappa shape index (κ2) is 10.7. The predicted octanol–water partition coefficient (Wildman–Crippen LogP) is 2.64. The Morgan fingerprint density at radius 2 is 1.97 bits per heavy atom. The molecule has 0 aliphatic carbocycles. The van der Waals surface area contributed by atoms with Gasteiger partial charge in [0.05, 0.1) is 17.8 Å². The normalized spacial score (nSPS) is 12.6. The predicted molar refractivity (Wildman–Crippen MR) is 125 cm³/mol. The first-order chi connectivity index (χ1) is 15.0. The van der Waals surface area contributed by atoms with Crippen molar-refractivity contribution in [2.75, 3.05) is 25.0 Å². The molecule has 5 N–H and O–H groups in total. The molecule has 2 rings (SSSR count). The number of guanidine groups is 1. The van der Waals surface area contributed by atoms with E-state index in [-0.39, 0.29) is 29.7 Å². The largest absolute Gasteiger partial charge is 0.508 e. The molecule has 0 unspecified atom stereocenters. The molecule has 0 bridgehead atoms. The zero-order valence-electron chi connectivity index (χ0n) is 18.8. The van der Waals surface area contributed by atoms with Gasteiger partial charge in [-0.1, -0.05) is 13.0 Å². The van der Waals surface area contributed by atoms with Gasteiger partial charge in [0.25, 0.3) is 5.91 Å². The third-order valence-corrected chi connectivity index (χ3v) is 4.38. The number of amides is 1. The van der Waals surface area contributed by atoms with E-state index in [4.69, 9.17) is 5.73 Å². The number of aliphatic hydroxyl groups is 1. The summed E-state index contributed by atoms with van der Waals surface area (Å²) < 4.78 is 13.9. The monoisotopic (exact) mass is 443 g/mol. The molecule has 0 radical (unpaired) electrons. The smallest absolute Gasteiger partial charge is 0.258 e. The maximum atomic E-state index is 13.9. The molecule has 9 heteroatoms. The van der Waals surface area contributed by atoms with Crippen LogP contribution in [0.3, 0.4) is 0 Å². The summed E-state index contributed by atoms with van der Waals surface area (Å²) in [5.41, 5.74) is 6.30. The van der Waals surface area contributed by atoms with Crippen LogP contribution >= 0.6 is 0 Å². The van der Waals surface area contributed by atoms with E-state index in [2.05, 4.69) is 15.3 Å². The van der Waals surface area contributed by atoms with Crippen LogP contribution in [0.1, 0.15) is 43.1 Å². The van der Waals surface area contributed by atoms with Crippen molar-refractivity contribution >= 4 is 23.4 Å². The lowest BCUT2D eigenvalue weighted by Crippen LogP contribution is -2.34. The van der Waals surface area contributed by atoms with Gasteiger partial charge < -0.3 is 20.8 Å². The molecule has 0 saturated heterocycles. The molecule has 0 saturated carbocycles. The van der Waals surface area contributed by atoms with Gasteiger partial charge in [0.2, 0.25) is 5.96 Å². The third-order valence-electron chi connectivity index (χ3n) is 4.38. The van der Waals surface area contributed by atoms with Crippen molar-refractivity contribution in [3.63, 3.8) is 0 Å². The molecule has 1 amide bonds. The topological polar surface area (TPSA) is 124 Å². The number of rotatable bonds is 7. The van der Waals surface area contributed by atoms with E-state index in [9.17, 15) is 19.4 Å².